The van der Waals surface area contributed by atoms with Crippen molar-refractivity contribution in [1.82, 2.24) is 0 Å². The van der Waals surface area contributed by atoms with Gasteiger partial charge in [-0.3, -0.25) is 4.79 Å². The summed E-state index contributed by atoms with van der Waals surface area (Å²) in [6.07, 6.45) is 1.03. The number of piperidine rings is 1. The van der Waals surface area contributed by atoms with E-state index in [0.717, 1.165) is 13.1 Å². The number of hydrogen-bond donors (Lipinski definition) is 4. The number of likely N-dealkylation sites (tertiary alicyclic amines) is 1. The van der Waals surface area contributed by atoms with E-state index in [1.54, 1.807) is 0 Å². The number of ether oxygens (including phenoxy) is 1. The van der Waals surface area contributed by atoms with Crippen molar-refractivity contribution in [3.63, 3.8) is 0 Å². The Balaban J connectivity index is 1.63. The zero-order chi connectivity index (χ0) is 19.6. The Bertz CT molecular complexity index is 928. The van der Waals surface area contributed by atoms with Gasteiger partial charge in [-0.05, 0) is 12.8 Å². The van der Waals surface area contributed by atoms with Gasteiger partial charge in [-0.25, -0.2) is 0 Å². The van der Waals surface area contributed by atoms with Crippen LogP contribution < -0.4 is 4.74 Å². The molecular weight excluding hydrogens is 362 g/mol. The van der Waals surface area contributed by atoms with Gasteiger partial charge in [-0.15, -0.1) is 0 Å². The fourth-order valence-corrected chi connectivity index (χ4v) is 7.02. The van der Waals surface area contributed by atoms with Gasteiger partial charge in [0.1, 0.15) is 23.5 Å². The molecule has 6 atom stereocenters. The monoisotopic (exact) mass is 388 g/mol. The van der Waals surface area contributed by atoms with E-state index in [4.69, 9.17) is 4.74 Å². The zero-order valence-electron chi connectivity index (χ0n) is 15.9. The molecule has 1 spiro atoms. The minimum atomic E-state index is -1.33. The van der Waals surface area contributed by atoms with Gasteiger partial charge < -0.3 is 29.6 Å². The molecule has 0 aromatic heterocycles. The molecule has 2 heterocycles. The van der Waals surface area contributed by atoms with E-state index < -0.39 is 29.0 Å². The molecule has 7 heteroatoms. The van der Waals surface area contributed by atoms with E-state index >= 15 is 0 Å². The fourth-order valence-electron chi connectivity index (χ4n) is 7.02. The highest BCUT2D eigenvalue weighted by Gasteiger charge is 2.78. The largest absolute Gasteiger partial charge is 0.508 e. The van der Waals surface area contributed by atoms with Gasteiger partial charge >= 0.3 is 0 Å². The predicted octanol–water partition coefficient (Wildman–Crippen LogP) is 0.346. The Morgan fingerprint density at radius 3 is 2.75 bits per heavy atom. The molecule has 150 valence electrons. The lowest BCUT2D eigenvalue weighted by Gasteiger charge is -2.64. The van der Waals surface area contributed by atoms with E-state index in [-0.39, 0.29) is 29.7 Å². The molecule has 5 aliphatic rings. The van der Waals surface area contributed by atoms with Crippen molar-refractivity contribution in [2.24, 2.45) is 5.92 Å². The second kappa shape index (κ2) is 4.83. The normalized spacial score (nSPS) is 45.5. The summed E-state index contributed by atoms with van der Waals surface area (Å²) in [5.41, 5.74) is -1.08. The number of aliphatic hydroxyl groups is 2. The number of phenolic OH excluding ortho intramolecular Hbond substituents is 2. The van der Waals surface area contributed by atoms with Crippen LogP contribution in [0.1, 0.15) is 36.8 Å². The number of quaternary nitrogens is 1. The third-order valence-corrected chi connectivity index (χ3v) is 8.43. The Hall–Kier alpha value is -1.83. The molecular formula is C21H26NO6+. The molecule has 3 fully saturated rings. The molecule has 1 unspecified atom stereocenters. The predicted molar refractivity (Wildman–Crippen MR) is 97.2 cm³/mol. The summed E-state index contributed by atoms with van der Waals surface area (Å²) in [5, 5.41) is 43.8. The number of aliphatic hydroxyl groups excluding tert-OH is 1. The van der Waals surface area contributed by atoms with Gasteiger partial charge in [-0.2, -0.15) is 0 Å². The molecule has 2 bridgehead atoms. The second-order valence-electron chi connectivity index (χ2n) is 9.91. The quantitative estimate of drug-likeness (QED) is 0.545. The van der Waals surface area contributed by atoms with Gasteiger partial charge in [0.05, 0.1) is 25.6 Å². The Kier molecular flexibility index (Phi) is 2.94. The molecule has 1 aromatic carbocycles. The standard InChI is InChI=1S/C21H25NO6/c1-22(9-10-2-3-10)5-4-20-16-11-6-15(22)21(20,27)8-14(25)17(26)19(20)28-18(16)13(24)7-12(11)23/h7,10,14-15,19,25,27H,2-6,8-9H2,1H3,(H-,23,24)/p+1/t14?,15-,19+,20+,21-,22-/m1/s1. The smallest absolute Gasteiger partial charge is 0.202 e. The number of nitrogens with zero attached hydrogens (tertiary/aromatic N) is 1. The lowest BCUT2D eigenvalue weighted by molar-refractivity contribution is -0.950. The lowest BCUT2D eigenvalue weighted by atomic mass is 9.48. The summed E-state index contributed by atoms with van der Waals surface area (Å²) in [7, 11) is 2.16. The molecule has 6 rings (SSSR count). The number of phenols is 2. The molecule has 7 nitrogen and oxygen atoms in total. The van der Waals surface area contributed by atoms with E-state index in [1.807, 2.05) is 0 Å². The van der Waals surface area contributed by atoms with Crippen LogP contribution in [0.5, 0.6) is 17.2 Å². The van der Waals surface area contributed by atoms with Crippen LogP contribution in [0.4, 0.5) is 0 Å². The molecule has 1 aromatic rings. The highest BCUT2D eigenvalue weighted by molar-refractivity contribution is 5.93. The van der Waals surface area contributed by atoms with E-state index in [9.17, 15) is 25.2 Å². The van der Waals surface area contributed by atoms with Crippen LogP contribution in [0.15, 0.2) is 6.07 Å². The topological polar surface area (TPSA) is 107 Å². The number of aromatic hydroxyl groups is 2. The number of Topliss-reactive ketones (excluding diaryl/α,β-unsaturated/α-hetero) is 1. The van der Waals surface area contributed by atoms with Crippen molar-refractivity contribution in [3.05, 3.63) is 17.2 Å². The minimum Gasteiger partial charge on any atom is -0.508 e. The Morgan fingerprint density at radius 1 is 1.29 bits per heavy atom. The first-order valence-corrected chi connectivity index (χ1v) is 10.2. The second-order valence-corrected chi connectivity index (χ2v) is 9.91. The van der Waals surface area contributed by atoms with Crippen LogP contribution in [-0.4, -0.2) is 74.7 Å². The van der Waals surface area contributed by atoms with Crippen LogP contribution in [0.3, 0.4) is 0 Å². The molecule has 2 saturated carbocycles. The lowest BCUT2D eigenvalue weighted by Crippen LogP contribution is -2.82. The van der Waals surface area contributed by atoms with Crippen molar-refractivity contribution in [2.45, 2.75) is 61.4 Å². The van der Waals surface area contributed by atoms with Gasteiger partial charge in [0, 0.05) is 42.4 Å². The summed E-state index contributed by atoms with van der Waals surface area (Å²) in [6.45, 7) is 1.75. The van der Waals surface area contributed by atoms with Gasteiger partial charge in [0.2, 0.25) is 5.78 Å². The first-order chi connectivity index (χ1) is 13.2. The third-order valence-electron chi connectivity index (χ3n) is 8.43. The van der Waals surface area contributed by atoms with Crippen LogP contribution >= 0.6 is 0 Å². The summed E-state index contributed by atoms with van der Waals surface area (Å²) in [4.78, 5) is 12.9. The van der Waals surface area contributed by atoms with E-state index in [2.05, 4.69) is 7.05 Å². The van der Waals surface area contributed by atoms with Gasteiger partial charge in [0.25, 0.3) is 0 Å². The number of hydrogen-bond acceptors (Lipinski definition) is 6. The molecule has 2 aliphatic heterocycles. The Labute approximate surface area is 162 Å². The maximum absolute atomic E-state index is 12.9. The molecule has 3 aliphatic carbocycles. The van der Waals surface area contributed by atoms with Crippen molar-refractivity contribution >= 4 is 5.78 Å². The van der Waals surface area contributed by atoms with E-state index in [1.165, 1.54) is 18.9 Å². The molecule has 1 saturated heterocycles. The summed E-state index contributed by atoms with van der Waals surface area (Å²) >= 11 is 0. The molecule has 0 amide bonds. The maximum atomic E-state index is 12.9. The summed E-state index contributed by atoms with van der Waals surface area (Å²) < 4.78 is 6.61. The van der Waals surface area contributed by atoms with Crippen molar-refractivity contribution in [1.29, 1.82) is 0 Å². The SMILES string of the molecule is C[N@+]1(CC2CC2)CC[C@]23c4c5c(O)cc(O)c4O[C@H]2C(=O)C(O)C[C@@]3(O)[C@H]1C5. The van der Waals surface area contributed by atoms with Crippen molar-refractivity contribution in [3.8, 4) is 17.2 Å². The average Bonchev–Trinajstić information content (AvgIpc) is 3.34. The van der Waals surface area contributed by atoms with E-state index in [0.29, 0.717) is 34.4 Å². The fraction of sp³-hybridized carbons (Fsp3) is 0.667. The van der Waals surface area contributed by atoms with Gasteiger partial charge in [0.15, 0.2) is 17.6 Å². The molecule has 28 heavy (non-hydrogen) atoms. The number of carbonyl (C=O) groups is 1. The van der Waals surface area contributed by atoms with Crippen LogP contribution in [0.2, 0.25) is 0 Å². The molecule has 0 radical (unpaired) electrons. The Morgan fingerprint density at radius 2 is 2.04 bits per heavy atom. The summed E-state index contributed by atoms with van der Waals surface area (Å²) in [5.74, 6) is 0.174. The first-order valence-electron chi connectivity index (χ1n) is 10.2. The zero-order valence-corrected chi connectivity index (χ0v) is 15.9. The number of likely N-dealkylation sites (N-methyl/N-ethyl adjacent to an activating group) is 1. The third kappa shape index (κ3) is 1.71. The summed E-state index contributed by atoms with van der Waals surface area (Å²) in [6, 6.07) is 1.03. The van der Waals surface area contributed by atoms with Crippen molar-refractivity contribution in [2.75, 3.05) is 20.1 Å². The number of carbonyl (C=O) groups excluding carboxylic acids is 1. The van der Waals surface area contributed by atoms with Gasteiger partial charge in [-0.1, -0.05) is 0 Å². The number of benzene rings is 1. The highest BCUT2D eigenvalue weighted by Crippen LogP contribution is 2.67. The average molecular weight is 388 g/mol. The maximum Gasteiger partial charge on any atom is 0.202 e. The number of ketones is 1. The number of rotatable bonds is 2. The highest BCUT2D eigenvalue weighted by atomic mass is 16.5. The van der Waals surface area contributed by atoms with Crippen LogP contribution in [0.25, 0.3) is 0 Å². The first kappa shape index (κ1) is 17.1. The molecule has 4 N–H and O–H groups in total. The van der Waals surface area contributed by atoms with Crippen LogP contribution in [-0.2, 0) is 16.6 Å². The minimum absolute atomic E-state index is 0.00892. The van der Waals surface area contributed by atoms with Crippen molar-refractivity contribution < 1.29 is 34.4 Å². The van der Waals surface area contributed by atoms with Crippen LogP contribution in [0, 0.1) is 5.92 Å².